The van der Waals surface area contributed by atoms with Crippen LogP contribution in [0, 0.1) is 0 Å². The zero-order valence-electron chi connectivity index (χ0n) is 40.5. The molecule has 0 atom stereocenters. The lowest BCUT2D eigenvalue weighted by Crippen LogP contribution is -2.75. The topological polar surface area (TPSA) is 24.1 Å². The Morgan fingerprint density at radius 1 is 0.317 bits per heavy atom. The summed E-state index contributed by atoms with van der Waals surface area (Å²) in [6.07, 6.45) is -51.8. The fraction of sp³-hybridized carbons (Fsp3) is 0.182. The van der Waals surface area contributed by atoms with E-state index in [4.69, 9.17) is 0 Å². The molecule has 2 nitrogen and oxygen atoms in total. The zero-order chi connectivity index (χ0) is 61.0. The van der Waals surface area contributed by atoms with Gasteiger partial charge in [0.05, 0.1) is 50.9 Å². The Labute approximate surface area is 446 Å². The lowest BCUT2D eigenvalue weighted by Gasteiger charge is -2.46. The predicted molar refractivity (Wildman–Crippen MR) is 251 cm³/mol. The first-order valence-electron chi connectivity index (χ1n) is 23.1. The summed E-state index contributed by atoms with van der Waals surface area (Å²) in [6.45, 7) is 0.846. The van der Waals surface area contributed by atoms with Crippen LogP contribution in [-0.4, -0.2) is 11.3 Å². The van der Waals surface area contributed by atoms with Gasteiger partial charge in [0.2, 0.25) is 0 Å². The quantitative estimate of drug-likeness (QED) is 0.0915. The third-order valence-electron chi connectivity index (χ3n) is 13.0. The van der Waals surface area contributed by atoms with E-state index in [0.29, 0.717) is 5.75 Å². The molecule has 7 aromatic carbocycles. The molecule has 0 radical (unpaired) electrons. The lowest BCUT2D eigenvalue weighted by atomic mass is 9.12. The second-order valence-electron chi connectivity index (χ2n) is 18.5. The average molecular weight is 1190 g/mol. The molecule has 8 aromatic rings. The Morgan fingerprint density at radius 3 is 0.915 bits per heavy atom. The number of halogens is 24. The van der Waals surface area contributed by atoms with Crippen molar-refractivity contribution in [1.29, 1.82) is 0 Å². The molecule has 1 aromatic heterocycles. The molecule has 0 fully saturated rings. The van der Waals surface area contributed by atoms with Crippen LogP contribution < -0.4 is 26.4 Å². The van der Waals surface area contributed by atoms with E-state index >= 15 is 0 Å². The van der Waals surface area contributed by atoms with E-state index in [1.807, 2.05) is 18.2 Å². The molecular weight excluding hydrogens is 1160 g/mol. The van der Waals surface area contributed by atoms with Crippen molar-refractivity contribution >= 4 is 38.8 Å². The van der Waals surface area contributed by atoms with Crippen molar-refractivity contribution in [3.63, 3.8) is 0 Å². The minimum atomic E-state index is -6.13. The summed E-state index contributed by atoms with van der Waals surface area (Å²) >= 11 is 0. The van der Waals surface area contributed by atoms with E-state index in [9.17, 15) is 110 Å². The maximum atomic E-state index is 14.2. The highest BCUT2D eigenvalue weighted by atomic mass is 19.4. The third-order valence-corrected chi connectivity index (χ3v) is 13.0. The standard InChI is InChI=1S/C32H12BF24.C23H19NO/c34-25(35,36)13-1-14(26(37,38)39)6-21(5-13)33(22-7-15(27(40,41)42)2-16(8-22)28(43,44)45,23-9-17(29(46,47)48)3-18(10-23)30(49,50)51)24-11-19(31(52,53)54)4-20(12-24)32(55,56)57;25-21-12-10-18(11-13-21)16-23-22-9-5-4-8-20(22)14-15-24(23)17-19-6-2-1-3-7-19/h1-12H;1-15H,16-17H2/q-1;/p+1. The minimum Gasteiger partial charge on any atom is -0.508 e. The Morgan fingerprint density at radius 2 is 0.610 bits per heavy atom. The maximum Gasteiger partial charge on any atom is 0.416 e. The van der Waals surface area contributed by atoms with Crippen LogP contribution in [0.15, 0.2) is 164 Å². The number of benzene rings is 7. The fourth-order valence-electron chi connectivity index (χ4n) is 9.32. The zero-order valence-corrected chi connectivity index (χ0v) is 40.5. The Balaban J connectivity index is 0.000000318. The summed E-state index contributed by atoms with van der Waals surface area (Å²) in [5.41, 5.74) is -26.4. The molecule has 0 spiro atoms. The molecule has 0 bridgehead atoms. The van der Waals surface area contributed by atoms with Crippen molar-refractivity contribution in [2.45, 2.75) is 62.4 Å². The van der Waals surface area contributed by atoms with Crippen molar-refractivity contribution in [3.8, 4) is 5.75 Å². The van der Waals surface area contributed by atoms with Crippen molar-refractivity contribution in [2.24, 2.45) is 0 Å². The molecule has 0 amide bonds. The summed E-state index contributed by atoms with van der Waals surface area (Å²) in [4.78, 5) is 0. The number of pyridine rings is 1. The van der Waals surface area contributed by atoms with E-state index in [2.05, 4.69) is 65.4 Å². The molecule has 1 heterocycles. The lowest BCUT2D eigenvalue weighted by molar-refractivity contribution is -0.693. The number of hydrogen-bond acceptors (Lipinski definition) is 1. The number of aromatic nitrogens is 1. The molecule has 0 unspecified atom stereocenters. The van der Waals surface area contributed by atoms with Crippen LogP contribution in [0.4, 0.5) is 105 Å². The van der Waals surface area contributed by atoms with Gasteiger partial charge in [0.25, 0.3) is 0 Å². The number of hydrogen-bond donors (Lipinski definition) is 1. The number of aromatic hydroxyl groups is 1. The van der Waals surface area contributed by atoms with Crippen molar-refractivity contribution in [2.75, 3.05) is 0 Å². The van der Waals surface area contributed by atoms with Crippen LogP contribution in [0.25, 0.3) is 10.8 Å². The van der Waals surface area contributed by atoms with Crippen LogP contribution in [0.2, 0.25) is 0 Å². The molecule has 0 aliphatic rings. The normalized spacial score (nSPS) is 13.3. The highest BCUT2D eigenvalue weighted by Crippen LogP contribution is 2.41. The van der Waals surface area contributed by atoms with E-state index in [0.717, 1.165) is 13.0 Å². The van der Waals surface area contributed by atoms with Gasteiger partial charge in [-0.05, 0) is 53.4 Å². The van der Waals surface area contributed by atoms with Gasteiger partial charge in [-0.2, -0.15) is 132 Å². The van der Waals surface area contributed by atoms with Gasteiger partial charge in [-0.15, -0.1) is 0 Å². The fourth-order valence-corrected chi connectivity index (χ4v) is 9.32. The second kappa shape index (κ2) is 21.8. The van der Waals surface area contributed by atoms with Crippen molar-refractivity contribution in [1.82, 2.24) is 0 Å². The van der Waals surface area contributed by atoms with Gasteiger partial charge in [-0.1, -0.05) is 109 Å². The highest BCUT2D eigenvalue weighted by molar-refractivity contribution is 7.20. The largest absolute Gasteiger partial charge is 0.508 e. The van der Waals surface area contributed by atoms with Crippen molar-refractivity contribution in [3.05, 3.63) is 225 Å². The van der Waals surface area contributed by atoms with Gasteiger partial charge in [-0.3, -0.25) is 0 Å². The second-order valence-corrected chi connectivity index (χ2v) is 18.5. The molecule has 8 rings (SSSR count). The number of alkyl halides is 24. The van der Waals surface area contributed by atoms with Crippen LogP contribution >= 0.6 is 0 Å². The number of rotatable bonds is 8. The van der Waals surface area contributed by atoms with E-state index < -0.39 is 195 Å². The Bertz CT molecular complexity index is 3150. The van der Waals surface area contributed by atoms with Crippen molar-refractivity contribution < 1.29 is 115 Å². The van der Waals surface area contributed by atoms with Gasteiger partial charge in [0.1, 0.15) is 11.9 Å². The summed E-state index contributed by atoms with van der Waals surface area (Å²) in [6, 6.07) is 19.9. The number of fused-ring (bicyclic) bond motifs is 1. The maximum absolute atomic E-state index is 14.2. The van der Waals surface area contributed by atoms with Crippen LogP contribution in [0.3, 0.4) is 0 Å². The van der Waals surface area contributed by atoms with Gasteiger partial charge in [-0.25, -0.2) is 0 Å². The van der Waals surface area contributed by atoms with E-state index in [1.54, 1.807) is 12.1 Å². The van der Waals surface area contributed by atoms with Gasteiger partial charge in [0.15, 0.2) is 18.4 Å². The number of phenols is 1. The highest BCUT2D eigenvalue weighted by Gasteiger charge is 2.47. The summed E-state index contributed by atoms with van der Waals surface area (Å²) in [5, 5.41) is 12.1. The summed E-state index contributed by atoms with van der Waals surface area (Å²) < 4.78 is 343. The molecule has 82 heavy (non-hydrogen) atoms. The predicted octanol–water partition coefficient (Wildman–Crippen LogP) is 15.7. The number of nitrogens with zero attached hydrogens (tertiary/aromatic N) is 1. The van der Waals surface area contributed by atoms with E-state index in [1.165, 1.54) is 27.6 Å². The smallest absolute Gasteiger partial charge is 0.416 e. The first-order valence-corrected chi connectivity index (χ1v) is 23.1. The summed E-state index contributed by atoms with van der Waals surface area (Å²) in [7, 11) is 0. The first-order chi connectivity index (χ1) is 37.6. The van der Waals surface area contributed by atoms with E-state index in [-0.39, 0.29) is 0 Å². The molecule has 0 aliphatic carbocycles. The minimum absolute atomic E-state index is 0.304. The van der Waals surface area contributed by atoms with Gasteiger partial charge >= 0.3 is 49.4 Å². The van der Waals surface area contributed by atoms with Gasteiger partial charge < -0.3 is 5.11 Å². The summed E-state index contributed by atoms with van der Waals surface area (Å²) in [5.74, 6) is 0.304. The van der Waals surface area contributed by atoms with Crippen LogP contribution in [0.1, 0.15) is 61.3 Å². The molecule has 1 N–H and O–H groups in total. The monoisotopic (exact) mass is 1190 g/mol. The molecule has 0 saturated heterocycles. The third kappa shape index (κ3) is 13.9. The SMILES string of the molecule is FC(F)(F)c1cc([B-](c2cc(C(F)(F)F)cc(C(F)(F)F)c2)(c2cc(C(F)(F)F)cc(C(F)(F)F)c2)c2cc(C(F)(F)F)cc(C(F)(F)F)c2)cc(C(F)(F)F)c1.Oc1ccc(Cc2c3ccccc3cc[n+]2Cc2ccccc2)cc1. The molecule has 0 saturated carbocycles. The number of phenolic OH excluding ortho intramolecular Hbond substituents is 1. The van der Waals surface area contributed by atoms with Crippen LogP contribution in [-0.2, 0) is 62.4 Å². The Hall–Kier alpha value is -7.87. The molecule has 27 heteroatoms. The average Bonchev–Trinajstić information content (AvgIpc) is 1.07. The molecule has 434 valence electrons. The molecular formula is C55H32BF24NO. The first kappa shape index (κ1) is 61.7. The Kier molecular flexibility index (Phi) is 16.4. The molecule has 0 aliphatic heterocycles. The van der Waals surface area contributed by atoms with Crippen LogP contribution in [0.5, 0.6) is 5.75 Å². The van der Waals surface area contributed by atoms with Gasteiger partial charge in [0, 0.05) is 17.0 Å².